The Morgan fingerprint density at radius 2 is 1.76 bits per heavy atom. The van der Waals surface area contributed by atoms with E-state index in [1.165, 1.54) is 11.3 Å². The molecule has 0 aliphatic heterocycles. The third-order valence-corrected chi connectivity index (χ3v) is 5.89. The monoisotopic (exact) mass is 483 g/mol. The molecule has 0 saturated heterocycles. The van der Waals surface area contributed by atoms with E-state index in [2.05, 4.69) is 26.5 Å². The van der Waals surface area contributed by atoms with Crippen molar-refractivity contribution in [3.8, 4) is 27.4 Å². The lowest BCUT2D eigenvalue weighted by molar-refractivity contribution is 0.474. The van der Waals surface area contributed by atoms with Crippen molar-refractivity contribution in [2.75, 3.05) is 5.43 Å². The van der Waals surface area contributed by atoms with Gasteiger partial charge in [0.25, 0.3) is 0 Å². The number of benzene rings is 3. The van der Waals surface area contributed by atoms with Gasteiger partial charge in [-0.2, -0.15) is 5.10 Å². The molecular weight excluding hydrogens is 470 g/mol. The van der Waals surface area contributed by atoms with Gasteiger partial charge in [0.2, 0.25) is 5.13 Å². The highest BCUT2D eigenvalue weighted by atomic mass is 79.9. The molecule has 29 heavy (non-hydrogen) atoms. The fourth-order valence-electron chi connectivity index (χ4n) is 2.74. The third kappa shape index (κ3) is 4.67. The molecule has 0 unspecified atom stereocenters. The van der Waals surface area contributed by atoms with E-state index >= 15 is 0 Å². The summed E-state index contributed by atoms with van der Waals surface area (Å²) in [4.78, 5) is 5.76. The molecule has 1 heterocycles. The van der Waals surface area contributed by atoms with Crippen LogP contribution < -0.4 is 5.43 Å². The first-order valence-corrected chi connectivity index (χ1v) is 10.7. The number of aromatic hydroxyl groups is 1. The van der Waals surface area contributed by atoms with Crippen LogP contribution in [0.4, 0.5) is 5.13 Å². The minimum absolute atomic E-state index is 0.157. The minimum Gasteiger partial charge on any atom is -0.507 e. The maximum atomic E-state index is 9.94. The molecule has 0 amide bonds. The number of halogens is 2. The average Bonchev–Trinajstić information content (AvgIpc) is 3.16. The van der Waals surface area contributed by atoms with Crippen LogP contribution in [0, 0.1) is 0 Å². The average molecular weight is 485 g/mol. The summed E-state index contributed by atoms with van der Waals surface area (Å²) in [5.41, 5.74) is 6.51. The SMILES string of the molecule is Oc1ccc(Br)cc1/C=N\Nc1nc(-c2ccccc2)c(-c2ccc(Cl)cc2)s1. The highest BCUT2D eigenvalue weighted by Crippen LogP contribution is 2.39. The summed E-state index contributed by atoms with van der Waals surface area (Å²) in [6.45, 7) is 0. The molecule has 0 bridgehead atoms. The fraction of sp³-hybridized carbons (Fsp3) is 0. The van der Waals surface area contributed by atoms with E-state index in [9.17, 15) is 5.11 Å². The van der Waals surface area contributed by atoms with Crippen molar-refractivity contribution < 1.29 is 5.11 Å². The van der Waals surface area contributed by atoms with E-state index < -0.39 is 0 Å². The van der Waals surface area contributed by atoms with E-state index in [4.69, 9.17) is 16.6 Å². The van der Waals surface area contributed by atoms with Gasteiger partial charge in [0.05, 0.1) is 16.8 Å². The van der Waals surface area contributed by atoms with Gasteiger partial charge in [-0.25, -0.2) is 4.98 Å². The first-order valence-electron chi connectivity index (χ1n) is 8.70. The zero-order valence-corrected chi connectivity index (χ0v) is 18.2. The first kappa shape index (κ1) is 19.6. The number of aromatic nitrogens is 1. The lowest BCUT2D eigenvalue weighted by Gasteiger charge is -2.02. The van der Waals surface area contributed by atoms with Crippen LogP contribution in [0.5, 0.6) is 5.75 Å². The van der Waals surface area contributed by atoms with Crippen molar-refractivity contribution in [2.24, 2.45) is 5.10 Å². The van der Waals surface area contributed by atoms with E-state index in [0.29, 0.717) is 15.7 Å². The van der Waals surface area contributed by atoms with Crippen molar-refractivity contribution in [3.05, 3.63) is 87.9 Å². The van der Waals surface area contributed by atoms with E-state index in [1.807, 2.05) is 54.6 Å². The smallest absolute Gasteiger partial charge is 0.204 e. The number of hydrazone groups is 1. The molecule has 4 nitrogen and oxygen atoms in total. The summed E-state index contributed by atoms with van der Waals surface area (Å²) < 4.78 is 0.863. The van der Waals surface area contributed by atoms with Gasteiger partial charge in [0.15, 0.2) is 0 Å². The van der Waals surface area contributed by atoms with Gasteiger partial charge in [-0.1, -0.05) is 81.3 Å². The number of hydrogen-bond acceptors (Lipinski definition) is 5. The van der Waals surface area contributed by atoms with Gasteiger partial charge >= 0.3 is 0 Å². The molecule has 4 rings (SSSR count). The molecule has 0 aliphatic carbocycles. The van der Waals surface area contributed by atoms with Crippen LogP contribution in [-0.4, -0.2) is 16.3 Å². The minimum atomic E-state index is 0.157. The summed E-state index contributed by atoms with van der Waals surface area (Å²) in [6, 6.07) is 22.9. The molecule has 144 valence electrons. The lowest BCUT2D eigenvalue weighted by atomic mass is 10.1. The Balaban J connectivity index is 1.67. The maximum Gasteiger partial charge on any atom is 0.204 e. The summed E-state index contributed by atoms with van der Waals surface area (Å²) >= 11 is 10.9. The second kappa shape index (κ2) is 8.78. The van der Waals surface area contributed by atoms with Crippen LogP contribution in [0.25, 0.3) is 21.7 Å². The fourth-order valence-corrected chi connectivity index (χ4v) is 4.19. The van der Waals surface area contributed by atoms with Crippen molar-refractivity contribution >= 4 is 50.2 Å². The van der Waals surface area contributed by atoms with Crippen molar-refractivity contribution in [2.45, 2.75) is 0 Å². The third-order valence-electron chi connectivity index (χ3n) is 4.13. The molecule has 1 aromatic heterocycles. The Bertz CT molecular complexity index is 1160. The second-order valence-electron chi connectivity index (χ2n) is 6.14. The normalized spacial score (nSPS) is 11.1. The maximum absolute atomic E-state index is 9.94. The van der Waals surface area contributed by atoms with Crippen LogP contribution >= 0.6 is 38.9 Å². The van der Waals surface area contributed by atoms with Crippen molar-refractivity contribution in [1.29, 1.82) is 0 Å². The number of phenolic OH excluding ortho intramolecular Hbond substituents is 1. The van der Waals surface area contributed by atoms with E-state index in [1.54, 1.807) is 24.4 Å². The predicted molar refractivity (Wildman–Crippen MR) is 125 cm³/mol. The second-order valence-corrected chi connectivity index (χ2v) is 8.49. The predicted octanol–water partition coefficient (Wildman–Crippen LogP) is 7.04. The summed E-state index contributed by atoms with van der Waals surface area (Å²) in [7, 11) is 0. The number of thiazole rings is 1. The molecular formula is C22H15BrClN3OS. The highest BCUT2D eigenvalue weighted by Gasteiger charge is 2.14. The molecule has 2 N–H and O–H groups in total. The highest BCUT2D eigenvalue weighted by molar-refractivity contribution is 9.10. The van der Waals surface area contributed by atoms with Gasteiger partial charge in [0, 0.05) is 20.6 Å². The summed E-state index contributed by atoms with van der Waals surface area (Å²) in [5, 5.41) is 15.5. The summed E-state index contributed by atoms with van der Waals surface area (Å²) in [6.07, 6.45) is 1.56. The first-order chi connectivity index (χ1) is 14.1. The molecule has 0 radical (unpaired) electrons. The van der Waals surface area contributed by atoms with Gasteiger partial charge in [-0.05, 0) is 35.9 Å². The standard InChI is InChI=1S/C22H15BrClN3OS/c23-17-8-11-19(28)16(12-17)13-25-27-22-26-20(14-4-2-1-3-5-14)21(29-22)15-6-9-18(24)10-7-15/h1-13,28H,(H,26,27)/b25-13-. The van der Waals surface area contributed by atoms with Crippen molar-refractivity contribution in [1.82, 2.24) is 4.98 Å². The molecule has 4 aromatic rings. The molecule has 0 spiro atoms. The number of anilines is 1. The Kier molecular flexibility index (Phi) is 5.94. The van der Waals surface area contributed by atoms with E-state index in [-0.39, 0.29) is 5.75 Å². The Labute approximate surface area is 185 Å². The van der Waals surface area contributed by atoms with Crippen LogP contribution in [0.15, 0.2) is 82.4 Å². The van der Waals surface area contributed by atoms with Crippen molar-refractivity contribution in [3.63, 3.8) is 0 Å². The number of nitrogens with zero attached hydrogens (tertiary/aromatic N) is 2. The molecule has 0 fully saturated rings. The largest absolute Gasteiger partial charge is 0.507 e. The zero-order valence-electron chi connectivity index (χ0n) is 15.0. The Hall–Kier alpha value is -2.67. The quantitative estimate of drug-likeness (QED) is 0.236. The Morgan fingerprint density at radius 3 is 2.52 bits per heavy atom. The van der Waals surface area contributed by atoms with Gasteiger partial charge in [0.1, 0.15) is 5.75 Å². The molecule has 3 aromatic carbocycles. The number of nitrogens with one attached hydrogen (secondary N) is 1. The zero-order chi connectivity index (χ0) is 20.2. The molecule has 0 aliphatic rings. The van der Waals surface area contributed by atoms with Crippen LogP contribution in [0.2, 0.25) is 5.02 Å². The van der Waals surface area contributed by atoms with Gasteiger partial charge in [-0.15, -0.1) is 0 Å². The Morgan fingerprint density at radius 1 is 1.00 bits per heavy atom. The van der Waals surface area contributed by atoms with Gasteiger partial charge < -0.3 is 5.11 Å². The summed E-state index contributed by atoms with van der Waals surface area (Å²) in [5.74, 6) is 0.157. The van der Waals surface area contributed by atoms with Gasteiger partial charge in [-0.3, -0.25) is 5.43 Å². The lowest BCUT2D eigenvalue weighted by Crippen LogP contribution is -1.91. The molecule has 7 heteroatoms. The molecule has 0 saturated carbocycles. The van der Waals surface area contributed by atoms with Crippen LogP contribution in [-0.2, 0) is 0 Å². The number of rotatable bonds is 5. The van der Waals surface area contributed by atoms with Crippen LogP contribution in [0.1, 0.15) is 5.56 Å². The van der Waals surface area contributed by atoms with Crippen LogP contribution in [0.3, 0.4) is 0 Å². The topological polar surface area (TPSA) is 57.5 Å². The number of hydrogen-bond donors (Lipinski definition) is 2. The molecule has 0 atom stereocenters. The van der Waals surface area contributed by atoms with E-state index in [0.717, 1.165) is 26.2 Å². The number of phenols is 1.